The van der Waals surface area contributed by atoms with Gasteiger partial charge >= 0.3 is 5.97 Å². The summed E-state index contributed by atoms with van der Waals surface area (Å²) in [6, 6.07) is 8.62. The van der Waals surface area contributed by atoms with Gasteiger partial charge in [0.1, 0.15) is 11.5 Å². The van der Waals surface area contributed by atoms with Crippen molar-refractivity contribution in [2.45, 2.75) is 63.8 Å². The molecule has 0 spiro atoms. The van der Waals surface area contributed by atoms with E-state index in [1.807, 2.05) is 6.07 Å². The molecule has 232 valence electrons. The number of carboxylic acids is 1. The Kier molecular flexibility index (Phi) is 9.25. The summed E-state index contributed by atoms with van der Waals surface area (Å²) in [5, 5.41) is 9.68. The Morgan fingerprint density at radius 1 is 1.14 bits per heavy atom. The highest BCUT2D eigenvalue weighted by atomic mass is 35.5. The second kappa shape index (κ2) is 13.3. The maximum Gasteiger partial charge on any atom is 0.304 e. The summed E-state index contributed by atoms with van der Waals surface area (Å²) in [6.45, 7) is 1.83. The molecule has 1 saturated carbocycles. The molecular weight excluding hydrogens is 607 g/mol. The van der Waals surface area contributed by atoms with Gasteiger partial charge in [0.2, 0.25) is 16.9 Å². The lowest BCUT2D eigenvalue weighted by Crippen LogP contribution is -2.40. The van der Waals surface area contributed by atoms with Gasteiger partial charge in [-0.25, -0.2) is 9.97 Å². The molecule has 1 N–H and O–H groups in total. The number of anilines is 2. The molecule has 3 fully saturated rings. The molecule has 2 saturated heterocycles. The predicted octanol–water partition coefficient (Wildman–Crippen LogP) is 6.58. The topological polar surface area (TPSA) is 113 Å². The van der Waals surface area contributed by atoms with Crippen molar-refractivity contribution in [1.29, 1.82) is 0 Å². The molecule has 44 heavy (non-hydrogen) atoms. The molecule has 1 unspecified atom stereocenters. The lowest BCUT2D eigenvalue weighted by Gasteiger charge is -2.29. The van der Waals surface area contributed by atoms with Gasteiger partial charge in [-0.15, -0.1) is 0 Å². The van der Waals surface area contributed by atoms with E-state index in [0.29, 0.717) is 60.1 Å². The summed E-state index contributed by atoms with van der Waals surface area (Å²) in [6.07, 6.45) is 7.18. The molecule has 3 aromatic rings. The van der Waals surface area contributed by atoms with Gasteiger partial charge in [-0.1, -0.05) is 29.0 Å². The van der Waals surface area contributed by atoms with Gasteiger partial charge in [0.25, 0.3) is 0 Å². The third-order valence-corrected chi connectivity index (χ3v) is 9.63. The fourth-order valence-corrected chi connectivity index (χ4v) is 7.16. The normalized spacial score (nSPS) is 18.3. The van der Waals surface area contributed by atoms with Crippen LogP contribution in [0.5, 0.6) is 0 Å². The van der Waals surface area contributed by atoms with Gasteiger partial charge in [-0.2, -0.15) is 4.39 Å². The fourth-order valence-electron chi connectivity index (χ4n) is 6.10. The van der Waals surface area contributed by atoms with E-state index in [9.17, 15) is 19.5 Å². The van der Waals surface area contributed by atoms with E-state index in [1.54, 1.807) is 35.4 Å². The lowest BCUT2D eigenvalue weighted by molar-refractivity contribution is -0.141. The van der Waals surface area contributed by atoms with E-state index < -0.39 is 17.0 Å². The van der Waals surface area contributed by atoms with E-state index in [0.717, 1.165) is 49.9 Å². The van der Waals surface area contributed by atoms with E-state index in [1.165, 1.54) is 4.90 Å². The maximum atomic E-state index is 15.8. The minimum atomic E-state index is -1.04. The van der Waals surface area contributed by atoms with Crippen LogP contribution >= 0.6 is 22.9 Å². The zero-order valence-corrected chi connectivity index (χ0v) is 25.8. The number of piperidine rings is 1. The third-order valence-electron chi connectivity index (χ3n) is 8.55. The number of carbonyl (C=O) groups is 3. The number of rotatable bonds is 10. The van der Waals surface area contributed by atoms with Crippen LogP contribution in [0, 0.1) is 17.0 Å². The first-order valence-electron chi connectivity index (χ1n) is 15.1. The number of nitrogens with zero attached hydrogens (tertiary/aromatic N) is 4. The molecule has 1 atom stereocenters. The molecule has 1 aliphatic carbocycles. The first kappa shape index (κ1) is 30.6. The number of thiazole rings is 1. The molecule has 2 aliphatic heterocycles. The number of aromatic nitrogens is 2. The Morgan fingerprint density at radius 3 is 2.61 bits per heavy atom. The van der Waals surface area contributed by atoms with Crippen LogP contribution in [-0.4, -0.2) is 58.7 Å². The van der Waals surface area contributed by atoms with Crippen LogP contribution in [0.15, 0.2) is 36.5 Å². The minimum Gasteiger partial charge on any atom is -0.481 e. The Balaban J connectivity index is 1.30. The maximum absolute atomic E-state index is 15.8. The van der Waals surface area contributed by atoms with Crippen molar-refractivity contribution in [1.82, 2.24) is 9.97 Å². The Labute approximate surface area is 264 Å². The number of pyridine rings is 1. The summed E-state index contributed by atoms with van der Waals surface area (Å²) in [5.41, 5.74) is 1.87. The van der Waals surface area contributed by atoms with Crippen molar-refractivity contribution in [3.8, 4) is 22.4 Å². The molecule has 0 bridgehead atoms. The first-order chi connectivity index (χ1) is 21.3. The highest BCUT2D eigenvalue weighted by Crippen LogP contribution is 2.42. The molecule has 0 radical (unpaired) electrons. The smallest absolute Gasteiger partial charge is 0.304 e. The quantitative estimate of drug-likeness (QED) is 0.266. The first-order valence-corrected chi connectivity index (χ1v) is 16.3. The summed E-state index contributed by atoms with van der Waals surface area (Å²) in [7, 11) is 0. The standard InChI is InChI=1S/C32H34ClFN4O5S/c33-22-5-8-24(20-4-9-26(35-18-20)37-12-2-1-3-27(37)39)25(17-22)29-30(34)44-32(36-29)38(23-6-7-23)31(42)21(16-28(40)41)15-19-10-13-43-14-11-19/h4-5,8-9,17-19,21,23H,1-3,6-7,10-16H2,(H,40,41). The highest BCUT2D eigenvalue weighted by molar-refractivity contribution is 7.14. The van der Waals surface area contributed by atoms with Gasteiger partial charge in [0.15, 0.2) is 5.13 Å². The fraction of sp³-hybridized carbons (Fsp3) is 0.469. The molecule has 6 rings (SSSR count). The summed E-state index contributed by atoms with van der Waals surface area (Å²) < 4.78 is 21.2. The number of hydrogen-bond acceptors (Lipinski definition) is 7. The van der Waals surface area contributed by atoms with Crippen molar-refractivity contribution in [3.05, 3.63) is 46.7 Å². The van der Waals surface area contributed by atoms with Crippen LogP contribution in [-0.2, 0) is 19.1 Å². The number of benzene rings is 1. The van der Waals surface area contributed by atoms with E-state index in [4.69, 9.17) is 16.3 Å². The van der Waals surface area contributed by atoms with E-state index in [2.05, 4.69) is 9.97 Å². The summed E-state index contributed by atoms with van der Waals surface area (Å²) in [5.74, 6) is -1.27. The SMILES string of the molecule is O=C(O)CC(CC1CCOCC1)C(=O)N(c1nc(-c2cc(Cl)ccc2-c2ccc(N3CCCCC3=O)nc2)c(F)s1)C1CC1. The van der Waals surface area contributed by atoms with Crippen molar-refractivity contribution in [2.24, 2.45) is 11.8 Å². The predicted molar refractivity (Wildman–Crippen MR) is 166 cm³/mol. The van der Waals surface area contributed by atoms with Gasteiger partial charge in [-0.3, -0.25) is 24.2 Å². The molecule has 4 heterocycles. The number of halogens is 2. The Bertz CT molecular complexity index is 1540. The van der Waals surface area contributed by atoms with Crippen molar-refractivity contribution in [2.75, 3.05) is 29.6 Å². The molecule has 3 aliphatic rings. The molecule has 9 nitrogen and oxygen atoms in total. The molecule has 12 heteroatoms. The average molecular weight is 641 g/mol. The summed E-state index contributed by atoms with van der Waals surface area (Å²) in [4.78, 5) is 50.5. The monoisotopic (exact) mass is 640 g/mol. The molecule has 1 aromatic carbocycles. The number of carboxylic acid groups (broad SMARTS) is 1. The van der Waals surface area contributed by atoms with E-state index in [-0.39, 0.29) is 41.0 Å². The third kappa shape index (κ3) is 6.79. The van der Waals surface area contributed by atoms with Gasteiger partial charge in [0.05, 0.1) is 6.42 Å². The summed E-state index contributed by atoms with van der Waals surface area (Å²) >= 11 is 7.16. The van der Waals surface area contributed by atoms with Crippen molar-refractivity contribution >= 4 is 51.7 Å². The van der Waals surface area contributed by atoms with Gasteiger partial charge in [0, 0.05) is 60.5 Å². The van der Waals surface area contributed by atoms with Crippen LogP contribution in [0.1, 0.15) is 57.8 Å². The molecule has 2 aromatic heterocycles. The second-order valence-corrected chi connectivity index (χ2v) is 13.1. The number of ether oxygens (including phenoxy) is 1. The lowest BCUT2D eigenvalue weighted by atomic mass is 9.86. The zero-order valence-electron chi connectivity index (χ0n) is 24.2. The average Bonchev–Trinajstić information content (AvgIpc) is 3.78. The van der Waals surface area contributed by atoms with Crippen molar-refractivity contribution < 1.29 is 28.6 Å². The highest BCUT2D eigenvalue weighted by Gasteiger charge is 2.40. The number of amides is 2. The number of carbonyl (C=O) groups excluding carboxylic acids is 2. The second-order valence-electron chi connectivity index (χ2n) is 11.7. The molecular formula is C32H34ClFN4O5S. The Morgan fingerprint density at radius 2 is 1.93 bits per heavy atom. The molecule has 2 amide bonds. The number of hydrogen-bond donors (Lipinski definition) is 1. The minimum absolute atomic E-state index is 0.0499. The van der Waals surface area contributed by atoms with Crippen LogP contribution in [0.2, 0.25) is 5.02 Å². The van der Waals surface area contributed by atoms with Crippen LogP contribution in [0.4, 0.5) is 15.3 Å². The van der Waals surface area contributed by atoms with Crippen molar-refractivity contribution in [3.63, 3.8) is 0 Å². The van der Waals surface area contributed by atoms with Gasteiger partial charge < -0.3 is 9.84 Å². The van der Waals surface area contributed by atoms with Crippen LogP contribution in [0.25, 0.3) is 22.4 Å². The largest absolute Gasteiger partial charge is 0.481 e. The van der Waals surface area contributed by atoms with E-state index >= 15 is 4.39 Å². The van der Waals surface area contributed by atoms with Crippen LogP contribution in [0.3, 0.4) is 0 Å². The number of aliphatic carboxylic acids is 1. The van der Waals surface area contributed by atoms with Crippen LogP contribution < -0.4 is 9.80 Å². The van der Waals surface area contributed by atoms with Gasteiger partial charge in [-0.05, 0) is 80.7 Å². The zero-order chi connectivity index (χ0) is 30.8. The Hall–Kier alpha value is -3.41.